The molecule has 1 aliphatic heterocycles. The van der Waals surface area contributed by atoms with Crippen LogP contribution >= 0.6 is 0 Å². The SMILES string of the molecule is c1ccc(-c2ccc(-c3ccc(N(c4ccc(-c5ccccc5)cc4)c4ccc(-c5ccc6c(c5)[Si](c5ccccc5)(c5ccccc5)c5ccccc5N6c5ccccc5)cc4)cc3)cc2)cc1. The lowest BCUT2D eigenvalue weighted by atomic mass is 10.00. The van der Waals surface area contributed by atoms with Crippen molar-refractivity contribution in [1.29, 1.82) is 0 Å². The maximum Gasteiger partial charge on any atom is 0.184 e. The summed E-state index contributed by atoms with van der Waals surface area (Å²) in [5, 5.41) is 5.50. The molecule has 0 bridgehead atoms. The van der Waals surface area contributed by atoms with Gasteiger partial charge in [0, 0.05) is 34.1 Å². The smallest absolute Gasteiger partial charge is 0.184 e. The Labute approximate surface area is 406 Å². The van der Waals surface area contributed by atoms with Crippen molar-refractivity contribution in [2.45, 2.75) is 0 Å². The molecule has 11 aromatic rings. The molecule has 1 heterocycles. The quantitative estimate of drug-likeness (QED) is 0.126. The van der Waals surface area contributed by atoms with Crippen LogP contribution in [0.2, 0.25) is 0 Å². The van der Waals surface area contributed by atoms with Gasteiger partial charge in [-0.25, -0.2) is 0 Å². The van der Waals surface area contributed by atoms with Crippen LogP contribution in [0.4, 0.5) is 34.1 Å². The minimum Gasteiger partial charge on any atom is -0.311 e. The third kappa shape index (κ3) is 7.65. The van der Waals surface area contributed by atoms with E-state index in [0.717, 1.165) is 22.7 Å². The Morgan fingerprint density at radius 3 is 1.01 bits per heavy atom. The van der Waals surface area contributed by atoms with Gasteiger partial charge in [0.2, 0.25) is 0 Å². The van der Waals surface area contributed by atoms with Gasteiger partial charge < -0.3 is 9.80 Å². The largest absolute Gasteiger partial charge is 0.311 e. The molecule has 0 spiro atoms. The maximum atomic E-state index is 2.51. The van der Waals surface area contributed by atoms with Crippen molar-refractivity contribution in [2.75, 3.05) is 9.80 Å². The normalized spacial score (nSPS) is 12.4. The number of anilines is 6. The first kappa shape index (κ1) is 41.7. The van der Waals surface area contributed by atoms with Gasteiger partial charge in [0.15, 0.2) is 8.07 Å². The average Bonchev–Trinajstić information content (AvgIpc) is 3.44. The predicted molar refractivity (Wildman–Crippen MR) is 295 cm³/mol. The van der Waals surface area contributed by atoms with Crippen LogP contribution < -0.4 is 30.5 Å². The molecule has 69 heavy (non-hydrogen) atoms. The van der Waals surface area contributed by atoms with Gasteiger partial charge in [-0.3, -0.25) is 0 Å². The third-order valence-electron chi connectivity index (χ3n) is 13.8. The second-order valence-corrected chi connectivity index (χ2v) is 21.4. The summed E-state index contributed by atoms with van der Waals surface area (Å²) < 4.78 is 0. The average molecular weight is 897 g/mol. The third-order valence-corrected chi connectivity index (χ3v) is 18.6. The van der Waals surface area contributed by atoms with E-state index in [0.29, 0.717) is 0 Å². The predicted octanol–water partition coefficient (Wildman–Crippen LogP) is 15.0. The molecule has 0 atom stereocenters. The van der Waals surface area contributed by atoms with Gasteiger partial charge in [-0.15, -0.1) is 0 Å². The number of hydrogen-bond acceptors (Lipinski definition) is 2. The Hall–Kier alpha value is -8.76. The van der Waals surface area contributed by atoms with E-state index >= 15 is 0 Å². The number of rotatable bonds is 10. The van der Waals surface area contributed by atoms with Crippen molar-refractivity contribution < 1.29 is 0 Å². The zero-order chi connectivity index (χ0) is 46.0. The molecule has 0 unspecified atom stereocenters. The Bertz CT molecular complexity index is 3450. The zero-order valence-corrected chi connectivity index (χ0v) is 39.1. The maximum absolute atomic E-state index is 2.86. The Kier molecular flexibility index (Phi) is 11.0. The molecule has 0 aromatic heterocycles. The molecule has 0 radical (unpaired) electrons. The van der Waals surface area contributed by atoms with Crippen molar-refractivity contribution in [3.8, 4) is 44.5 Å². The molecule has 12 rings (SSSR count). The van der Waals surface area contributed by atoms with Crippen molar-refractivity contribution in [2.24, 2.45) is 0 Å². The van der Waals surface area contributed by atoms with E-state index in [9.17, 15) is 0 Å². The van der Waals surface area contributed by atoms with Gasteiger partial charge in [-0.1, -0.05) is 231 Å². The van der Waals surface area contributed by atoms with Crippen molar-refractivity contribution in [3.63, 3.8) is 0 Å². The van der Waals surface area contributed by atoms with Crippen LogP contribution in [-0.4, -0.2) is 8.07 Å². The van der Waals surface area contributed by atoms with Gasteiger partial charge in [0.05, 0.1) is 0 Å². The number of fused-ring (bicyclic) bond motifs is 2. The Balaban J connectivity index is 0.962. The number of benzene rings is 11. The highest BCUT2D eigenvalue weighted by Gasteiger charge is 2.49. The van der Waals surface area contributed by atoms with E-state index in [-0.39, 0.29) is 0 Å². The molecule has 1 aliphatic rings. The topological polar surface area (TPSA) is 6.48 Å². The highest BCUT2D eigenvalue weighted by atomic mass is 28.3. The summed E-state index contributed by atoms with van der Waals surface area (Å²) in [6, 6.07) is 107. The minimum atomic E-state index is -2.86. The summed E-state index contributed by atoms with van der Waals surface area (Å²) in [5.41, 5.74) is 16.5. The van der Waals surface area contributed by atoms with Crippen LogP contribution in [0.1, 0.15) is 0 Å². The number of para-hydroxylation sites is 2. The molecule has 0 amide bonds. The van der Waals surface area contributed by atoms with E-state index in [1.165, 1.54) is 76.6 Å². The highest BCUT2D eigenvalue weighted by molar-refractivity contribution is 7.21. The molecule has 0 fully saturated rings. The highest BCUT2D eigenvalue weighted by Crippen LogP contribution is 2.41. The summed E-state index contributed by atoms with van der Waals surface area (Å²) in [4.78, 5) is 4.84. The number of hydrogen-bond donors (Lipinski definition) is 0. The van der Waals surface area contributed by atoms with E-state index in [1.807, 2.05) is 0 Å². The molecular formula is C66H48N2Si. The summed E-state index contributed by atoms with van der Waals surface area (Å²) >= 11 is 0. The van der Waals surface area contributed by atoms with Gasteiger partial charge in [-0.05, 0) is 126 Å². The van der Waals surface area contributed by atoms with Crippen molar-refractivity contribution >= 4 is 62.9 Å². The molecule has 0 N–H and O–H groups in total. The van der Waals surface area contributed by atoms with Crippen molar-refractivity contribution in [3.05, 3.63) is 291 Å². The molecule has 326 valence electrons. The Morgan fingerprint density at radius 2 is 0.565 bits per heavy atom. The van der Waals surface area contributed by atoms with Crippen LogP contribution in [0.25, 0.3) is 44.5 Å². The first-order valence-electron chi connectivity index (χ1n) is 23.7. The lowest BCUT2D eigenvalue weighted by Gasteiger charge is -2.45. The van der Waals surface area contributed by atoms with Gasteiger partial charge in [0.1, 0.15) is 0 Å². The molecule has 3 heteroatoms. The monoisotopic (exact) mass is 896 g/mol. The standard InChI is InChI=1S/C66H48N2Si/c1-6-18-49(19-7-1)51-30-32-52(33-31-51)54-36-43-59(44-37-54)67(58-41-34-53(35-42-58)50-20-8-2-9-21-50)60-45-38-55(39-46-60)56-40-47-64-66(48-56)69(61-24-12-4-13-25-61,62-26-14-5-15-27-62)65-29-17-16-28-63(65)68(64)57-22-10-3-11-23-57/h1-48H. The molecule has 11 aromatic carbocycles. The van der Waals surface area contributed by atoms with Crippen LogP contribution in [0, 0.1) is 0 Å². The molecule has 0 saturated carbocycles. The minimum absolute atomic E-state index is 1.09. The second kappa shape index (κ2) is 18.1. The van der Waals surface area contributed by atoms with E-state index < -0.39 is 8.07 Å². The second-order valence-electron chi connectivity index (χ2n) is 17.7. The first-order valence-corrected chi connectivity index (χ1v) is 25.7. The van der Waals surface area contributed by atoms with Gasteiger partial charge in [0.25, 0.3) is 0 Å². The number of nitrogens with zero attached hydrogens (tertiary/aromatic N) is 2. The summed E-state index contributed by atoms with van der Waals surface area (Å²) in [7, 11) is -2.86. The zero-order valence-electron chi connectivity index (χ0n) is 38.1. The molecule has 2 nitrogen and oxygen atoms in total. The molecular weight excluding hydrogens is 849 g/mol. The fraction of sp³-hybridized carbons (Fsp3) is 0. The lowest BCUT2D eigenvalue weighted by molar-refractivity contribution is 1.28. The molecule has 0 saturated heterocycles. The fourth-order valence-corrected chi connectivity index (χ4v) is 15.6. The summed E-state index contributed by atoms with van der Waals surface area (Å²) in [6.07, 6.45) is 0. The van der Waals surface area contributed by atoms with Crippen LogP contribution in [0.15, 0.2) is 291 Å². The first-order chi connectivity index (χ1) is 34.2. The van der Waals surface area contributed by atoms with E-state index in [1.54, 1.807) is 0 Å². The van der Waals surface area contributed by atoms with Crippen LogP contribution in [0.5, 0.6) is 0 Å². The molecule has 0 aliphatic carbocycles. The van der Waals surface area contributed by atoms with Crippen LogP contribution in [0.3, 0.4) is 0 Å². The summed E-state index contributed by atoms with van der Waals surface area (Å²) in [5.74, 6) is 0. The van der Waals surface area contributed by atoms with Gasteiger partial charge >= 0.3 is 0 Å². The Morgan fingerprint density at radius 1 is 0.246 bits per heavy atom. The van der Waals surface area contributed by atoms with E-state index in [2.05, 4.69) is 301 Å². The van der Waals surface area contributed by atoms with Crippen molar-refractivity contribution in [1.82, 2.24) is 0 Å². The lowest BCUT2D eigenvalue weighted by Crippen LogP contribution is -2.77. The van der Waals surface area contributed by atoms with Crippen LogP contribution in [-0.2, 0) is 0 Å². The summed E-state index contributed by atoms with van der Waals surface area (Å²) in [6.45, 7) is 0. The van der Waals surface area contributed by atoms with E-state index in [4.69, 9.17) is 0 Å². The van der Waals surface area contributed by atoms with Gasteiger partial charge in [-0.2, -0.15) is 0 Å². The fourth-order valence-electron chi connectivity index (χ4n) is 10.5.